The molecule has 0 aliphatic carbocycles. The Balaban J connectivity index is 1.67. The normalized spacial score (nSPS) is 15.1. The summed E-state index contributed by atoms with van der Waals surface area (Å²) in [6.07, 6.45) is 3.83. The lowest BCUT2D eigenvalue weighted by Gasteiger charge is -2.19. The fraction of sp³-hybridized carbons (Fsp3) is 0.316. The molecule has 0 spiro atoms. The van der Waals surface area contributed by atoms with Crippen LogP contribution in [0.15, 0.2) is 52.2 Å². The van der Waals surface area contributed by atoms with Gasteiger partial charge in [-0.25, -0.2) is 4.39 Å². The Hall–Kier alpha value is -2.81. The summed E-state index contributed by atoms with van der Waals surface area (Å²) in [5.41, 5.74) is 6.25. The third-order valence-corrected chi connectivity index (χ3v) is 5.89. The second-order valence-electron chi connectivity index (χ2n) is 6.59. The van der Waals surface area contributed by atoms with Crippen molar-refractivity contribution in [3.05, 3.63) is 59.8 Å². The Morgan fingerprint density at radius 2 is 1.96 bits per heavy atom. The van der Waals surface area contributed by atoms with Gasteiger partial charge in [0.1, 0.15) is 16.8 Å². The maximum absolute atomic E-state index is 13.3. The number of carbonyl (C=O) groups is 1. The summed E-state index contributed by atoms with van der Waals surface area (Å²) in [6, 6.07) is 9.46. The van der Waals surface area contributed by atoms with Crippen molar-refractivity contribution in [1.82, 2.24) is 14.8 Å². The zero-order chi connectivity index (χ0) is 19.5. The Morgan fingerprint density at radius 3 is 2.61 bits per heavy atom. The van der Waals surface area contributed by atoms with E-state index in [1.165, 1.54) is 23.9 Å². The summed E-state index contributed by atoms with van der Waals surface area (Å²) >= 11 is 1.21. The van der Waals surface area contributed by atoms with E-state index in [0.29, 0.717) is 17.3 Å². The van der Waals surface area contributed by atoms with Crippen LogP contribution >= 0.6 is 11.8 Å². The molecule has 2 N–H and O–H groups in total. The van der Waals surface area contributed by atoms with Crippen LogP contribution in [0.3, 0.4) is 0 Å². The second kappa shape index (κ2) is 8.05. The number of aromatic nitrogens is 3. The van der Waals surface area contributed by atoms with Gasteiger partial charge in [-0.05, 0) is 42.7 Å². The number of nitrogens with two attached hydrogens (primary N) is 1. The zero-order valence-electron chi connectivity index (χ0n) is 15.1. The fourth-order valence-corrected chi connectivity index (χ4v) is 4.23. The number of amides is 1. The lowest BCUT2D eigenvalue weighted by atomic mass is 10.1. The molecule has 2 aromatic heterocycles. The average molecular weight is 401 g/mol. The number of nitrogens with zero attached hydrogens (tertiary/aromatic N) is 4. The molecule has 1 saturated heterocycles. The summed E-state index contributed by atoms with van der Waals surface area (Å²) in [6.45, 7) is 2.28. The molecule has 0 bridgehead atoms. The molecule has 1 aliphatic heterocycles. The van der Waals surface area contributed by atoms with Crippen molar-refractivity contribution in [3.8, 4) is 0 Å². The number of thioether (sulfide) groups is 1. The number of benzene rings is 1. The number of hydrogen-bond acceptors (Lipinski definition) is 6. The first kappa shape index (κ1) is 18.5. The summed E-state index contributed by atoms with van der Waals surface area (Å²) in [5.74, 6) is 0.624. The summed E-state index contributed by atoms with van der Waals surface area (Å²) in [5, 5.41) is 8.54. The smallest absolute Gasteiger partial charge is 0.235 e. The molecule has 0 saturated carbocycles. The number of hydrogen-bond donors (Lipinski definition) is 1. The summed E-state index contributed by atoms with van der Waals surface area (Å²) in [7, 11) is 0. The molecule has 28 heavy (non-hydrogen) atoms. The van der Waals surface area contributed by atoms with Crippen LogP contribution in [0.1, 0.15) is 29.4 Å². The van der Waals surface area contributed by atoms with Crippen molar-refractivity contribution in [2.24, 2.45) is 5.73 Å². The molecule has 0 unspecified atom stereocenters. The maximum Gasteiger partial charge on any atom is 0.235 e. The summed E-state index contributed by atoms with van der Waals surface area (Å²) < 4.78 is 20.7. The molecule has 9 heteroatoms. The van der Waals surface area contributed by atoms with Gasteiger partial charge in [-0.15, -0.1) is 10.2 Å². The highest BCUT2D eigenvalue weighted by Gasteiger charge is 2.27. The van der Waals surface area contributed by atoms with Gasteiger partial charge in [-0.3, -0.25) is 9.36 Å². The molecule has 1 amide bonds. The molecule has 7 nitrogen and oxygen atoms in total. The van der Waals surface area contributed by atoms with Gasteiger partial charge in [0, 0.05) is 13.1 Å². The van der Waals surface area contributed by atoms with Crippen molar-refractivity contribution < 1.29 is 13.6 Å². The van der Waals surface area contributed by atoms with Gasteiger partial charge >= 0.3 is 0 Å². The first-order valence-electron chi connectivity index (χ1n) is 9.04. The molecule has 0 radical (unpaired) electrons. The molecule has 3 aromatic rings. The highest BCUT2D eigenvalue weighted by Crippen LogP contribution is 2.36. The number of halogens is 1. The van der Waals surface area contributed by atoms with Gasteiger partial charge in [0.05, 0.1) is 12.8 Å². The van der Waals surface area contributed by atoms with Crippen LogP contribution in [-0.4, -0.2) is 33.8 Å². The molecule has 3 heterocycles. The van der Waals surface area contributed by atoms with Gasteiger partial charge in [-0.1, -0.05) is 23.9 Å². The number of carbonyl (C=O) groups excluding carboxylic acids is 1. The average Bonchev–Trinajstić information content (AvgIpc) is 3.43. The van der Waals surface area contributed by atoms with E-state index in [1.54, 1.807) is 18.4 Å². The molecule has 146 valence electrons. The zero-order valence-corrected chi connectivity index (χ0v) is 15.9. The molecule has 4 rings (SSSR count). The second-order valence-corrected chi connectivity index (χ2v) is 7.67. The largest absolute Gasteiger partial charge is 0.467 e. The van der Waals surface area contributed by atoms with Crippen LogP contribution in [0.25, 0.3) is 0 Å². The fourth-order valence-electron chi connectivity index (χ4n) is 3.25. The third-order valence-electron chi connectivity index (χ3n) is 4.63. The minimum Gasteiger partial charge on any atom is -0.467 e. The SMILES string of the molecule is NC(=O)[C@@H](Sc1nnc(N2CCCC2)n1Cc1ccco1)c1ccc(F)cc1. The van der Waals surface area contributed by atoms with Crippen molar-refractivity contribution in [3.63, 3.8) is 0 Å². The van der Waals surface area contributed by atoms with Crippen molar-refractivity contribution in [2.45, 2.75) is 29.8 Å². The van der Waals surface area contributed by atoms with Gasteiger partial charge in [0.25, 0.3) is 0 Å². The monoisotopic (exact) mass is 401 g/mol. The van der Waals surface area contributed by atoms with Crippen molar-refractivity contribution >= 4 is 23.6 Å². The van der Waals surface area contributed by atoms with E-state index in [4.69, 9.17) is 10.2 Å². The third kappa shape index (κ3) is 3.89. The first-order valence-corrected chi connectivity index (χ1v) is 9.92. The van der Waals surface area contributed by atoms with Gasteiger partial charge in [-0.2, -0.15) is 0 Å². The van der Waals surface area contributed by atoms with Crippen LogP contribution in [-0.2, 0) is 11.3 Å². The predicted octanol–water partition coefficient (Wildman–Crippen LogP) is 2.98. The topological polar surface area (TPSA) is 90.2 Å². The highest BCUT2D eigenvalue weighted by molar-refractivity contribution is 8.00. The van der Waals surface area contributed by atoms with Crippen LogP contribution in [0.2, 0.25) is 0 Å². The van der Waals surface area contributed by atoms with Crippen LogP contribution in [0, 0.1) is 5.82 Å². The van der Waals surface area contributed by atoms with E-state index in [1.807, 2.05) is 16.7 Å². The van der Waals surface area contributed by atoms with E-state index < -0.39 is 11.2 Å². The van der Waals surface area contributed by atoms with Crippen molar-refractivity contribution in [2.75, 3.05) is 18.0 Å². The Kier molecular flexibility index (Phi) is 5.34. The molecular weight excluding hydrogens is 381 g/mol. The van der Waals surface area contributed by atoms with Crippen LogP contribution in [0.5, 0.6) is 0 Å². The number of anilines is 1. The van der Waals surface area contributed by atoms with Crippen molar-refractivity contribution in [1.29, 1.82) is 0 Å². The van der Waals surface area contributed by atoms with Crippen LogP contribution in [0.4, 0.5) is 10.3 Å². The van der Waals surface area contributed by atoms with Gasteiger partial charge < -0.3 is 15.1 Å². The predicted molar refractivity (Wildman–Crippen MR) is 103 cm³/mol. The van der Waals surface area contributed by atoms with Gasteiger partial charge in [0.15, 0.2) is 5.16 Å². The molecule has 1 aromatic carbocycles. The Bertz CT molecular complexity index is 936. The highest BCUT2D eigenvalue weighted by atomic mass is 32.2. The van der Waals surface area contributed by atoms with Gasteiger partial charge in [0.2, 0.25) is 11.9 Å². The summed E-state index contributed by atoms with van der Waals surface area (Å²) in [4.78, 5) is 14.3. The van der Waals surface area contributed by atoms with E-state index >= 15 is 0 Å². The number of furan rings is 1. The first-order chi connectivity index (χ1) is 13.6. The molecule has 1 atom stereocenters. The minimum absolute atomic E-state index is 0.366. The van der Waals surface area contributed by atoms with E-state index in [0.717, 1.165) is 37.6 Å². The lowest BCUT2D eigenvalue weighted by Crippen LogP contribution is -2.23. The lowest BCUT2D eigenvalue weighted by molar-refractivity contribution is -0.117. The van der Waals surface area contributed by atoms with E-state index in [9.17, 15) is 9.18 Å². The Labute approximate surface area is 165 Å². The van der Waals surface area contributed by atoms with E-state index in [-0.39, 0.29) is 5.82 Å². The number of primary amides is 1. The van der Waals surface area contributed by atoms with E-state index in [2.05, 4.69) is 15.1 Å². The Morgan fingerprint density at radius 1 is 1.21 bits per heavy atom. The molecule has 1 fully saturated rings. The van der Waals surface area contributed by atoms with Crippen LogP contribution < -0.4 is 10.6 Å². The molecule has 1 aliphatic rings. The quantitative estimate of drug-likeness (QED) is 0.612. The maximum atomic E-state index is 13.3. The standard InChI is InChI=1S/C19H20FN5O2S/c20-14-7-5-13(6-8-14)16(17(21)26)28-19-23-22-18(24-9-1-2-10-24)25(19)12-15-4-3-11-27-15/h3-8,11,16H,1-2,9-10,12H2,(H2,21,26)/t16-/m0/s1. The molecular formula is C19H20FN5O2S. The number of rotatable bonds is 7. The minimum atomic E-state index is -0.702.